The van der Waals surface area contributed by atoms with E-state index >= 15 is 0 Å². The maximum Gasteiger partial charge on any atom is 0.122 e. The quantitative estimate of drug-likeness (QED) is 0.122. The molecule has 1 rings (SSSR count). The first-order valence-corrected chi connectivity index (χ1v) is 10.3. The molecule has 1 aromatic rings. The molecule has 0 unspecified atom stereocenters. The first-order chi connectivity index (χ1) is 12.8. The zero-order valence-electron chi connectivity index (χ0n) is 15.5. The fourth-order valence-corrected chi connectivity index (χ4v) is 3.53. The van der Waals surface area contributed by atoms with Crippen molar-refractivity contribution in [2.75, 3.05) is 11.9 Å². The number of anilines is 1. The molecule has 0 saturated heterocycles. The molecule has 5 nitrogen and oxygen atoms in total. The summed E-state index contributed by atoms with van der Waals surface area (Å²) in [5.41, 5.74) is 14.4. The Labute approximate surface area is 178 Å². The predicted molar refractivity (Wildman–Crippen MR) is 124 cm³/mol. The van der Waals surface area contributed by atoms with Gasteiger partial charge in [-0.1, -0.05) is 35.5 Å². The summed E-state index contributed by atoms with van der Waals surface area (Å²) < 4.78 is 1.83. The van der Waals surface area contributed by atoms with Crippen LogP contribution in [0.3, 0.4) is 0 Å². The molecule has 0 aliphatic rings. The normalized spacial score (nSPS) is 12.0. The molecule has 0 radical (unpaired) electrons. The summed E-state index contributed by atoms with van der Waals surface area (Å²) in [7, 11) is 0. The average molecular weight is 497 g/mol. The molecule has 0 amide bonds. The zero-order chi connectivity index (χ0) is 20.4. The molecule has 0 fully saturated rings. The van der Waals surface area contributed by atoms with Gasteiger partial charge in [-0.25, -0.2) is 0 Å². The molecule has 0 heterocycles. The van der Waals surface area contributed by atoms with E-state index in [0.717, 1.165) is 46.9 Å². The third kappa shape index (κ3) is 8.13. The molecule has 0 bridgehead atoms. The second-order valence-electron chi connectivity index (χ2n) is 6.06. The van der Waals surface area contributed by atoms with Crippen LogP contribution in [-0.2, 0) is 0 Å². The lowest BCUT2D eigenvalue weighted by Gasteiger charge is -2.11. The summed E-state index contributed by atoms with van der Waals surface area (Å²) in [5.74, 6) is 0.0388. The topological polar surface area (TPSA) is 112 Å². The molecular formula is C20H27Br2N5. The van der Waals surface area contributed by atoms with Crippen molar-refractivity contribution in [3.05, 3.63) is 62.6 Å². The Morgan fingerprint density at radius 3 is 2.52 bits per heavy atom. The van der Waals surface area contributed by atoms with Gasteiger partial charge in [0.15, 0.2) is 0 Å². The molecule has 1 aromatic carbocycles. The van der Waals surface area contributed by atoms with Gasteiger partial charge in [-0.15, -0.1) is 0 Å². The van der Waals surface area contributed by atoms with Crippen molar-refractivity contribution in [3.8, 4) is 0 Å². The number of amidine groups is 2. The minimum atomic E-state index is -0.0200. The van der Waals surface area contributed by atoms with Crippen molar-refractivity contribution in [1.29, 1.82) is 10.8 Å². The fraction of sp³-hybridized carbons (Fsp3) is 0.300. The van der Waals surface area contributed by atoms with Crippen LogP contribution in [0.15, 0.2) is 57.0 Å². The summed E-state index contributed by atoms with van der Waals surface area (Å²) in [6.07, 6.45) is 7.89. The summed E-state index contributed by atoms with van der Waals surface area (Å²) in [6.45, 7) is 6.73. The molecule has 0 atom stereocenters. The van der Waals surface area contributed by atoms with Crippen LogP contribution >= 0.6 is 31.9 Å². The van der Waals surface area contributed by atoms with Gasteiger partial charge in [0.2, 0.25) is 0 Å². The number of hydrogen-bond donors (Lipinski definition) is 5. The van der Waals surface area contributed by atoms with Crippen LogP contribution in [0.5, 0.6) is 0 Å². The zero-order valence-corrected chi connectivity index (χ0v) is 18.7. The largest absolute Gasteiger partial charge is 0.384 e. The van der Waals surface area contributed by atoms with Crippen LogP contribution in [0.1, 0.15) is 38.2 Å². The molecule has 0 aromatic heterocycles. The van der Waals surface area contributed by atoms with Crippen molar-refractivity contribution < 1.29 is 0 Å². The van der Waals surface area contributed by atoms with Gasteiger partial charge in [-0.2, -0.15) is 0 Å². The van der Waals surface area contributed by atoms with Gasteiger partial charge in [0.05, 0.1) is 0 Å². The maximum absolute atomic E-state index is 7.47. The van der Waals surface area contributed by atoms with Gasteiger partial charge in [0, 0.05) is 32.3 Å². The highest BCUT2D eigenvalue weighted by atomic mass is 79.9. The molecule has 27 heavy (non-hydrogen) atoms. The van der Waals surface area contributed by atoms with E-state index in [4.69, 9.17) is 22.3 Å². The Balaban J connectivity index is 2.54. The second-order valence-corrected chi connectivity index (χ2v) is 7.77. The summed E-state index contributed by atoms with van der Waals surface area (Å²) in [6, 6.07) is 5.60. The lowest BCUT2D eigenvalue weighted by atomic mass is 10.1. The first-order valence-electron chi connectivity index (χ1n) is 8.74. The van der Waals surface area contributed by atoms with Crippen molar-refractivity contribution in [3.63, 3.8) is 0 Å². The molecule has 7 heteroatoms. The highest BCUT2D eigenvalue weighted by Gasteiger charge is 2.05. The van der Waals surface area contributed by atoms with Gasteiger partial charge in [-0.3, -0.25) is 10.8 Å². The number of halogens is 2. The number of hydrogen-bond acceptors (Lipinski definition) is 3. The van der Waals surface area contributed by atoms with E-state index in [0.29, 0.717) is 11.1 Å². The predicted octanol–water partition coefficient (Wildman–Crippen LogP) is 5.42. The molecule has 0 aliphatic heterocycles. The van der Waals surface area contributed by atoms with Crippen molar-refractivity contribution in [1.82, 2.24) is 0 Å². The molecule has 146 valence electrons. The summed E-state index contributed by atoms with van der Waals surface area (Å²) in [5, 5.41) is 18.3. The minimum absolute atomic E-state index is 0.0200. The van der Waals surface area contributed by atoms with Crippen molar-refractivity contribution in [2.45, 2.75) is 32.6 Å². The van der Waals surface area contributed by atoms with Crippen LogP contribution in [0.25, 0.3) is 0 Å². The molecule has 0 saturated carbocycles. The summed E-state index contributed by atoms with van der Waals surface area (Å²) >= 11 is 7.09. The number of rotatable bonds is 11. The molecule has 0 spiro atoms. The van der Waals surface area contributed by atoms with Crippen molar-refractivity contribution >= 4 is 49.2 Å². The highest BCUT2D eigenvalue weighted by Crippen LogP contribution is 2.26. The van der Waals surface area contributed by atoms with Gasteiger partial charge in [0.25, 0.3) is 0 Å². The van der Waals surface area contributed by atoms with Gasteiger partial charge < -0.3 is 16.8 Å². The van der Waals surface area contributed by atoms with Gasteiger partial charge >= 0.3 is 0 Å². The van der Waals surface area contributed by atoms with E-state index in [1.807, 2.05) is 18.2 Å². The van der Waals surface area contributed by atoms with Crippen LogP contribution in [0.2, 0.25) is 0 Å². The lowest BCUT2D eigenvalue weighted by Crippen LogP contribution is -2.11. The fourth-order valence-electron chi connectivity index (χ4n) is 2.38. The Bertz CT molecular complexity index is 766. The maximum atomic E-state index is 7.47. The smallest absolute Gasteiger partial charge is 0.122 e. The SMILES string of the molecule is C=C(C=C(Br)C(=CCC)CCCCNc1ccc(C(=N)N)cc1Br)C(=N)N. The first kappa shape index (κ1) is 23.2. The Hall–Kier alpha value is -1.86. The van der Waals surface area contributed by atoms with E-state index < -0.39 is 0 Å². The van der Waals surface area contributed by atoms with E-state index in [2.05, 4.69) is 56.8 Å². The van der Waals surface area contributed by atoms with Crippen LogP contribution in [0, 0.1) is 10.8 Å². The molecule has 7 N–H and O–H groups in total. The third-order valence-corrected chi connectivity index (χ3v) is 5.27. The Kier molecular flexibility index (Phi) is 10.1. The average Bonchev–Trinajstić information content (AvgIpc) is 2.61. The third-order valence-electron chi connectivity index (χ3n) is 3.87. The van der Waals surface area contributed by atoms with E-state index in [-0.39, 0.29) is 11.7 Å². The molecule has 0 aliphatic carbocycles. The number of nitrogens with one attached hydrogen (secondary N) is 3. The minimum Gasteiger partial charge on any atom is -0.384 e. The van der Waals surface area contributed by atoms with E-state index in [1.165, 1.54) is 5.57 Å². The Morgan fingerprint density at radius 2 is 1.96 bits per heavy atom. The van der Waals surface area contributed by atoms with E-state index in [9.17, 15) is 0 Å². The second kappa shape index (κ2) is 11.8. The highest BCUT2D eigenvalue weighted by molar-refractivity contribution is 9.12. The Morgan fingerprint density at radius 1 is 1.26 bits per heavy atom. The number of allylic oxidation sites excluding steroid dienone is 3. The van der Waals surface area contributed by atoms with Crippen molar-refractivity contribution in [2.24, 2.45) is 11.5 Å². The van der Waals surface area contributed by atoms with Crippen LogP contribution in [0.4, 0.5) is 5.69 Å². The standard InChI is InChI=1S/C20H27Br2N5/c1-3-6-14(16(21)11-13(2)19(23)24)7-4-5-10-27-18-9-8-15(20(25)26)12-17(18)22/h6,8-9,11-12,27H,2-5,7,10H2,1H3,(H3,23,24)(H3,25,26). The van der Waals surface area contributed by atoms with Crippen LogP contribution < -0.4 is 16.8 Å². The van der Waals surface area contributed by atoms with Gasteiger partial charge in [0.1, 0.15) is 11.7 Å². The van der Waals surface area contributed by atoms with E-state index in [1.54, 1.807) is 6.08 Å². The van der Waals surface area contributed by atoms with Gasteiger partial charge in [-0.05, 0) is 71.5 Å². The number of nitrogens with two attached hydrogens (primary N) is 2. The number of unbranched alkanes of at least 4 members (excludes halogenated alkanes) is 1. The summed E-state index contributed by atoms with van der Waals surface area (Å²) in [4.78, 5) is 0. The molecular weight excluding hydrogens is 470 g/mol. The number of benzene rings is 1. The van der Waals surface area contributed by atoms with Crippen LogP contribution in [-0.4, -0.2) is 18.2 Å². The lowest BCUT2D eigenvalue weighted by molar-refractivity contribution is 0.762. The number of nitrogen functional groups attached to an aromatic ring is 1. The monoisotopic (exact) mass is 495 g/mol.